The maximum Gasteiger partial charge on any atom is 0.255 e. The lowest BCUT2D eigenvalue weighted by atomic mass is 9.86. The number of rotatable bonds is 2. The minimum Gasteiger partial charge on any atom is -0.322 e. The van der Waals surface area contributed by atoms with Crippen molar-refractivity contribution >= 4 is 23.2 Å². The highest BCUT2D eigenvalue weighted by Crippen LogP contribution is 2.30. The molecule has 0 spiro atoms. The van der Waals surface area contributed by atoms with Crippen molar-refractivity contribution in [3.63, 3.8) is 0 Å². The molecule has 0 aliphatic carbocycles. The van der Waals surface area contributed by atoms with Crippen molar-refractivity contribution in [1.82, 2.24) is 4.90 Å². The Kier molecular flexibility index (Phi) is 4.90. The van der Waals surface area contributed by atoms with Gasteiger partial charge in [0, 0.05) is 29.4 Å². The molecular formula is C21H25ClN2O. The highest BCUT2D eigenvalue weighted by molar-refractivity contribution is 6.32. The molecule has 1 aliphatic heterocycles. The van der Waals surface area contributed by atoms with Gasteiger partial charge in [-0.1, -0.05) is 44.5 Å². The summed E-state index contributed by atoms with van der Waals surface area (Å²) in [5, 5.41) is 3.62. The van der Waals surface area contributed by atoms with E-state index in [1.807, 2.05) is 18.2 Å². The second kappa shape index (κ2) is 6.81. The molecule has 1 N–H and O–H groups in total. The van der Waals surface area contributed by atoms with Crippen LogP contribution in [0.1, 0.15) is 47.8 Å². The Bertz CT molecular complexity index is 808. The van der Waals surface area contributed by atoms with E-state index in [1.54, 1.807) is 6.07 Å². The monoisotopic (exact) mass is 356 g/mol. The zero-order valence-corrected chi connectivity index (χ0v) is 16.1. The summed E-state index contributed by atoms with van der Waals surface area (Å²) in [4.78, 5) is 14.9. The van der Waals surface area contributed by atoms with Crippen LogP contribution in [0, 0.1) is 0 Å². The van der Waals surface area contributed by atoms with Crippen LogP contribution in [0.4, 0.5) is 5.69 Å². The molecular weight excluding hydrogens is 332 g/mol. The number of halogens is 1. The molecule has 0 radical (unpaired) electrons. The normalized spacial score (nSPS) is 14.9. The van der Waals surface area contributed by atoms with E-state index in [2.05, 4.69) is 50.2 Å². The summed E-state index contributed by atoms with van der Waals surface area (Å²) in [6.07, 6.45) is 1.06. The van der Waals surface area contributed by atoms with Crippen LogP contribution in [0.3, 0.4) is 0 Å². The van der Waals surface area contributed by atoms with Gasteiger partial charge in [0.2, 0.25) is 0 Å². The van der Waals surface area contributed by atoms with Gasteiger partial charge in [0.15, 0.2) is 0 Å². The molecule has 4 heteroatoms. The lowest BCUT2D eigenvalue weighted by Crippen LogP contribution is -2.26. The van der Waals surface area contributed by atoms with Crippen LogP contribution in [0.2, 0.25) is 5.02 Å². The quantitative estimate of drug-likeness (QED) is 0.831. The van der Waals surface area contributed by atoms with Crippen LogP contribution in [0.25, 0.3) is 0 Å². The van der Waals surface area contributed by atoms with Crippen LogP contribution < -0.4 is 5.32 Å². The number of anilines is 1. The van der Waals surface area contributed by atoms with Gasteiger partial charge in [-0.15, -0.1) is 0 Å². The summed E-state index contributed by atoms with van der Waals surface area (Å²) in [6, 6.07) is 11.7. The third-order valence-electron chi connectivity index (χ3n) is 4.71. The van der Waals surface area contributed by atoms with Crippen LogP contribution in [-0.4, -0.2) is 24.4 Å². The molecule has 0 atom stereocenters. The number of nitrogens with one attached hydrogen (secondary N) is 1. The molecule has 2 aromatic carbocycles. The van der Waals surface area contributed by atoms with E-state index in [4.69, 9.17) is 11.6 Å². The number of carbonyl (C=O) groups is 1. The van der Waals surface area contributed by atoms with Crippen molar-refractivity contribution in [3.8, 4) is 0 Å². The fourth-order valence-electron chi connectivity index (χ4n) is 3.24. The lowest BCUT2D eigenvalue weighted by Gasteiger charge is -2.25. The molecule has 1 aliphatic rings. The van der Waals surface area contributed by atoms with E-state index in [0.29, 0.717) is 10.6 Å². The molecule has 2 aromatic rings. The Morgan fingerprint density at radius 3 is 2.56 bits per heavy atom. The van der Waals surface area contributed by atoms with Crippen molar-refractivity contribution in [2.24, 2.45) is 0 Å². The Morgan fingerprint density at radius 1 is 1.12 bits per heavy atom. The number of benzene rings is 2. The lowest BCUT2D eigenvalue weighted by molar-refractivity contribution is 0.102. The fraction of sp³-hybridized carbons (Fsp3) is 0.381. The SMILES string of the molecule is CN1CCc2ccc(NC(=O)c3ccc(C(C)(C)C)c(Cl)c3)cc2C1. The average molecular weight is 357 g/mol. The van der Waals surface area contributed by atoms with Crippen molar-refractivity contribution in [2.45, 2.75) is 39.2 Å². The molecule has 0 saturated carbocycles. The van der Waals surface area contributed by atoms with Crippen molar-refractivity contribution in [1.29, 1.82) is 0 Å². The Balaban J connectivity index is 1.79. The van der Waals surface area contributed by atoms with E-state index < -0.39 is 0 Å². The van der Waals surface area contributed by atoms with Gasteiger partial charge in [-0.05, 0) is 59.8 Å². The standard InChI is InChI=1S/C21H25ClN2O/c1-21(2,3)18-8-6-15(12-19(18)22)20(25)23-17-7-5-14-9-10-24(4)13-16(14)11-17/h5-8,11-12H,9-10,13H2,1-4H3,(H,23,25). The van der Waals surface area contributed by atoms with Gasteiger partial charge < -0.3 is 10.2 Å². The molecule has 25 heavy (non-hydrogen) atoms. The minimum atomic E-state index is -0.133. The number of amides is 1. The van der Waals surface area contributed by atoms with Crippen LogP contribution in [0.15, 0.2) is 36.4 Å². The number of carbonyl (C=O) groups excluding carboxylic acids is 1. The highest BCUT2D eigenvalue weighted by atomic mass is 35.5. The molecule has 0 fully saturated rings. The molecule has 0 unspecified atom stereocenters. The van der Waals surface area contributed by atoms with E-state index >= 15 is 0 Å². The number of nitrogens with zero attached hydrogens (tertiary/aromatic N) is 1. The Morgan fingerprint density at radius 2 is 1.88 bits per heavy atom. The number of hydrogen-bond donors (Lipinski definition) is 1. The van der Waals surface area contributed by atoms with Gasteiger partial charge in [0.25, 0.3) is 5.91 Å². The topological polar surface area (TPSA) is 32.3 Å². The van der Waals surface area contributed by atoms with Crippen LogP contribution in [-0.2, 0) is 18.4 Å². The van der Waals surface area contributed by atoms with E-state index in [-0.39, 0.29) is 11.3 Å². The molecule has 0 aromatic heterocycles. The first kappa shape index (κ1) is 18.0. The van der Waals surface area contributed by atoms with E-state index in [0.717, 1.165) is 30.8 Å². The first-order chi connectivity index (χ1) is 11.7. The Labute approximate surface area is 155 Å². The molecule has 1 amide bonds. The molecule has 3 nitrogen and oxygen atoms in total. The second-order valence-electron chi connectivity index (χ2n) is 7.87. The second-order valence-corrected chi connectivity index (χ2v) is 8.28. The van der Waals surface area contributed by atoms with Gasteiger partial charge in [0.1, 0.15) is 0 Å². The van der Waals surface area contributed by atoms with E-state index in [9.17, 15) is 4.79 Å². The molecule has 0 saturated heterocycles. The zero-order chi connectivity index (χ0) is 18.2. The number of fused-ring (bicyclic) bond motifs is 1. The first-order valence-corrected chi connectivity index (χ1v) is 9.03. The molecule has 3 rings (SSSR count). The Hall–Kier alpha value is -1.84. The summed E-state index contributed by atoms with van der Waals surface area (Å²) in [6.45, 7) is 8.33. The van der Waals surface area contributed by atoms with Crippen molar-refractivity contribution < 1.29 is 4.79 Å². The van der Waals surface area contributed by atoms with Crippen molar-refractivity contribution in [3.05, 3.63) is 63.7 Å². The minimum absolute atomic E-state index is 0.0450. The van der Waals surface area contributed by atoms with Crippen LogP contribution >= 0.6 is 11.6 Å². The predicted octanol–water partition coefficient (Wildman–Crippen LogP) is 4.88. The predicted molar refractivity (Wildman–Crippen MR) is 105 cm³/mol. The summed E-state index contributed by atoms with van der Waals surface area (Å²) in [5.74, 6) is -0.133. The molecule has 0 bridgehead atoms. The molecule has 1 heterocycles. The average Bonchev–Trinajstić information content (AvgIpc) is 2.53. The smallest absolute Gasteiger partial charge is 0.255 e. The summed E-state index contributed by atoms with van der Waals surface area (Å²) in [7, 11) is 2.12. The van der Waals surface area contributed by atoms with Crippen LogP contribution in [0.5, 0.6) is 0 Å². The van der Waals surface area contributed by atoms with Gasteiger partial charge in [-0.3, -0.25) is 4.79 Å². The largest absolute Gasteiger partial charge is 0.322 e. The third kappa shape index (κ3) is 4.05. The highest BCUT2D eigenvalue weighted by Gasteiger charge is 2.19. The van der Waals surface area contributed by atoms with Gasteiger partial charge in [-0.2, -0.15) is 0 Å². The summed E-state index contributed by atoms with van der Waals surface area (Å²) < 4.78 is 0. The molecule has 132 valence electrons. The van der Waals surface area contributed by atoms with Gasteiger partial charge >= 0.3 is 0 Å². The van der Waals surface area contributed by atoms with Gasteiger partial charge in [-0.25, -0.2) is 0 Å². The van der Waals surface area contributed by atoms with E-state index in [1.165, 1.54) is 11.1 Å². The maximum atomic E-state index is 12.6. The summed E-state index contributed by atoms with van der Waals surface area (Å²) >= 11 is 6.39. The van der Waals surface area contributed by atoms with Gasteiger partial charge in [0.05, 0.1) is 0 Å². The number of likely N-dealkylation sites (N-methyl/N-ethyl adjacent to an activating group) is 1. The first-order valence-electron chi connectivity index (χ1n) is 8.66. The summed E-state index contributed by atoms with van der Waals surface area (Å²) in [5.41, 5.74) is 5.06. The zero-order valence-electron chi connectivity index (χ0n) is 15.3. The maximum absolute atomic E-state index is 12.6. The third-order valence-corrected chi connectivity index (χ3v) is 5.02. The number of hydrogen-bond acceptors (Lipinski definition) is 2. The fourth-order valence-corrected chi connectivity index (χ4v) is 3.71. The van der Waals surface area contributed by atoms with Crippen molar-refractivity contribution in [2.75, 3.05) is 18.9 Å².